The molecule has 0 aliphatic carbocycles. The Kier molecular flexibility index (Phi) is 5.44. The van der Waals surface area contributed by atoms with Crippen molar-refractivity contribution in [3.05, 3.63) is 90.0 Å². The van der Waals surface area contributed by atoms with Gasteiger partial charge < -0.3 is 10.6 Å². The predicted octanol–water partition coefficient (Wildman–Crippen LogP) is 4.81. The van der Waals surface area contributed by atoms with Crippen LogP contribution in [0.4, 0.5) is 17.1 Å². The fraction of sp³-hybridized carbons (Fsp3) is 0.0909. The number of benzene rings is 3. The van der Waals surface area contributed by atoms with E-state index in [0.717, 1.165) is 22.6 Å². The summed E-state index contributed by atoms with van der Waals surface area (Å²) in [6.07, 6.45) is 0.351. The summed E-state index contributed by atoms with van der Waals surface area (Å²) in [5.74, 6) is 0.00359. The normalized spacial score (nSPS) is 10.2. The molecule has 0 saturated heterocycles. The molecule has 0 atom stereocenters. The van der Waals surface area contributed by atoms with Gasteiger partial charge in [-0.1, -0.05) is 30.3 Å². The molecule has 0 aliphatic heterocycles. The Balaban J connectivity index is 1.57. The smallest absolute Gasteiger partial charge is 0.228 e. The summed E-state index contributed by atoms with van der Waals surface area (Å²) < 4.78 is 0. The van der Waals surface area contributed by atoms with Gasteiger partial charge >= 0.3 is 0 Å². The summed E-state index contributed by atoms with van der Waals surface area (Å²) in [6.45, 7) is 1.55. The van der Waals surface area contributed by atoms with Crippen molar-refractivity contribution in [2.45, 2.75) is 13.3 Å². The average molecular weight is 344 g/mol. The van der Waals surface area contributed by atoms with Crippen LogP contribution < -0.4 is 10.6 Å². The van der Waals surface area contributed by atoms with E-state index in [1.54, 1.807) is 19.1 Å². The highest BCUT2D eigenvalue weighted by atomic mass is 16.1. The maximum atomic E-state index is 12.1. The van der Waals surface area contributed by atoms with Gasteiger partial charge in [0.2, 0.25) is 5.91 Å². The Hall–Kier alpha value is -3.40. The van der Waals surface area contributed by atoms with E-state index in [1.165, 1.54) is 0 Å². The lowest BCUT2D eigenvalue weighted by Gasteiger charge is -2.09. The van der Waals surface area contributed by atoms with Gasteiger partial charge in [0.1, 0.15) is 0 Å². The number of ketones is 1. The van der Waals surface area contributed by atoms with Crippen LogP contribution >= 0.6 is 0 Å². The van der Waals surface area contributed by atoms with Gasteiger partial charge in [-0.25, -0.2) is 0 Å². The van der Waals surface area contributed by atoms with Crippen molar-refractivity contribution >= 4 is 28.8 Å². The molecule has 0 aromatic heterocycles. The van der Waals surface area contributed by atoms with Crippen LogP contribution in [0.3, 0.4) is 0 Å². The number of hydrogen-bond acceptors (Lipinski definition) is 3. The number of nitrogens with one attached hydrogen (secondary N) is 2. The van der Waals surface area contributed by atoms with Gasteiger partial charge in [-0.15, -0.1) is 0 Å². The summed E-state index contributed by atoms with van der Waals surface area (Å²) in [5, 5.41) is 6.16. The molecule has 1 amide bonds. The minimum atomic E-state index is -0.0447. The molecule has 130 valence electrons. The highest BCUT2D eigenvalue weighted by molar-refractivity contribution is 5.94. The van der Waals surface area contributed by atoms with Gasteiger partial charge in [-0.3, -0.25) is 9.59 Å². The van der Waals surface area contributed by atoms with Crippen LogP contribution in [0.1, 0.15) is 22.8 Å². The van der Waals surface area contributed by atoms with E-state index in [1.807, 2.05) is 66.7 Å². The maximum Gasteiger partial charge on any atom is 0.228 e. The fourth-order valence-electron chi connectivity index (χ4n) is 2.58. The van der Waals surface area contributed by atoms with Crippen molar-refractivity contribution in [2.24, 2.45) is 0 Å². The molecule has 2 N–H and O–H groups in total. The first kappa shape index (κ1) is 17.4. The zero-order valence-corrected chi connectivity index (χ0v) is 14.5. The quantitative estimate of drug-likeness (QED) is 0.631. The Morgan fingerprint density at radius 2 is 1.27 bits per heavy atom. The molecule has 0 aliphatic rings. The Labute approximate surface area is 152 Å². The molecular weight excluding hydrogens is 324 g/mol. The lowest BCUT2D eigenvalue weighted by atomic mass is 10.1. The van der Waals surface area contributed by atoms with Gasteiger partial charge in [0.15, 0.2) is 5.78 Å². The fourth-order valence-corrected chi connectivity index (χ4v) is 2.58. The van der Waals surface area contributed by atoms with Crippen LogP contribution in [-0.2, 0) is 11.2 Å². The molecule has 0 bridgehead atoms. The summed E-state index contributed by atoms with van der Waals surface area (Å²) >= 11 is 0. The predicted molar refractivity (Wildman–Crippen MR) is 105 cm³/mol. The highest BCUT2D eigenvalue weighted by Gasteiger charge is 2.04. The van der Waals surface area contributed by atoms with E-state index in [-0.39, 0.29) is 11.7 Å². The molecule has 3 aromatic rings. The summed E-state index contributed by atoms with van der Waals surface area (Å²) in [5.41, 5.74) is 4.23. The number of Topliss-reactive ketones (excluding diaryl/α,β-unsaturated/α-hetero) is 1. The lowest BCUT2D eigenvalue weighted by Crippen LogP contribution is -2.14. The van der Waals surface area contributed by atoms with Crippen LogP contribution in [0.2, 0.25) is 0 Å². The second-order valence-electron chi connectivity index (χ2n) is 6.05. The Morgan fingerprint density at radius 3 is 1.85 bits per heavy atom. The standard InChI is InChI=1S/C22H20N2O2/c1-16(25)18-7-9-19(10-8-18)23-20-11-13-21(14-12-20)24-22(26)15-17-5-3-2-4-6-17/h2-14,23H,15H2,1H3,(H,24,26). The van der Waals surface area contributed by atoms with E-state index in [4.69, 9.17) is 0 Å². The van der Waals surface area contributed by atoms with Crippen molar-refractivity contribution in [3.63, 3.8) is 0 Å². The van der Waals surface area contributed by atoms with Crippen molar-refractivity contribution in [1.82, 2.24) is 0 Å². The Morgan fingerprint density at radius 1 is 0.731 bits per heavy atom. The van der Waals surface area contributed by atoms with Gasteiger partial charge in [0.25, 0.3) is 0 Å². The third kappa shape index (κ3) is 4.80. The SMILES string of the molecule is CC(=O)c1ccc(Nc2ccc(NC(=O)Cc3ccccc3)cc2)cc1. The van der Waals surface area contributed by atoms with Crippen LogP contribution in [-0.4, -0.2) is 11.7 Å². The van der Waals surface area contributed by atoms with Gasteiger partial charge in [0, 0.05) is 22.6 Å². The van der Waals surface area contributed by atoms with E-state index >= 15 is 0 Å². The molecule has 0 spiro atoms. The minimum Gasteiger partial charge on any atom is -0.356 e. The van der Waals surface area contributed by atoms with Crippen LogP contribution in [0, 0.1) is 0 Å². The number of anilines is 3. The third-order valence-corrected chi connectivity index (χ3v) is 3.96. The lowest BCUT2D eigenvalue weighted by molar-refractivity contribution is -0.115. The van der Waals surface area contributed by atoms with Crippen molar-refractivity contribution < 1.29 is 9.59 Å². The van der Waals surface area contributed by atoms with Gasteiger partial charge in [-0.2, -0.15) is 0 Å². The monoisotopic (exact) mass is 344 g/mol. The van der Waals surface area contributed by atoms with E-state index in [2.05, 4.69) is 10.6 Å². The maximum absolute atomic E-state index is 12.1. The van der Waals surface area contributed by atoms with Crippen molar-refractivity contribution in [3.8, 4) is 0 Å². The molecule has 0 fully saturated rings. The number of rotatable bonds is 6. The van der Waals surface area contributed by atoms with Crippen LogP contribution in [0.5, 0.6) is 0 Å². The number of carbonyl (C=O) groups is 2. The zero-order valence-electron chi connectivity index (χ0n) is 14.5. The van der Waals surface area contributed by atoms with Crippen molar-refractivity contribution in [2.75, 3.05) is 10.6 Å². The van der Waals surface area contributed by atoms with E-state index in [0.29, 0.717) is 12.0 Å². The molecule has 3 rings (SSSR count). The van der Waals surface area contributed by atoms with Gasteiger partial charge in [-0.05, 0) is 61.0 Å². The number of amides is 1. The molecule has 26 heavy (non-hydrogen) atoms. The number of hydrogen-bond donors (Lipinski definition) is 2. The zero-order chi connectivity index (χ0) is 18.4. The van der Waals surface area contributed by atoms with Crippen LogP contribution in [0.25, 0.3) is 0 Å². The third-order valence-electron chi connectivity index (χ3n) is 3.96. The minimum absolute atomic E-state index is 0.0447. The molecule has 3 aromatic carbocycles. The van der Waals surface area contributed by atoms with E-state index in [9.17, 15) is 9.59 Å². The van der Waals surface area contributed by atoms with Gasteiger partial charge in [0.05, 0.1) is 6.42 Å². The molecule has 0 heterocycles. The molecular formula is C22H20N2O2. The second-order valence-corrected chi connectivity index (χ2v) is 6.05. The molecule has 4 nitrogen and oxygen atoms in total. The molecule has 0 unspecified atom stereocenters. The van der Waals surface area contributed by atoms with Crippen molar-refractivity contribution in [1.29, 1.82) is 0 Å². The first-order valence-corrected chi connectivity index (χ1v) is 8.42. The molecule has 0 saturated carbocycles. The summed E-state index contributed by atoms with van der Waals surface area (Å²) in [6, 6.07) is 24.5. The average Bonchev–Trinajstić information content (AvgIpc) is 2.64. The molecule has 0 radical (unpaired) electrons. The first-order valence-electron chi connectivity index (χ1n) is 8.42. The summed E-state index contributed by atoms with van der Waals surface area (Å²) in [4.78, 5) is 23.4. The molecule has 4 heteroatoms. The topological polar surface area (TPSA) is 58.2 Å². The number of carbonyl (C=O) groups excluding carboxylic acids is 2. The second kappa shape index (κ2) is 8.12. The highest BCUT2D eigenvalue weighted by Crippen LogP contribution is 2.19. The van der Waals surface area contributed by atoms with E-state index < -0.39 is 0 Å². The Bertz CT molecular complexity index is 886. The summed E-state index contributed by atoms with van der Waals surface area (Å²) in [7, 11) is 0. The van der Waals surface area contributed by atoms with Crippen LogP contribution in [0.15, 0.2) is 78.9 Å². The largest absolute Gasteiger partial charge is 0.356 e. The first-order chi connectivity index (χ1) is 12.6.